The molecule has 5 rings (SSSR count). The van der Waals surface area contributed by atoms with Gasteiger partial charge in [-0.15, -0.1) is 19.8 Å². The third kappa shape index (κ3) is 6.54. The molecule has 2 heterocycles. The Morgan fingerprint density at radius 2 is 1.33 bits per heavy atom. The predicted octanol–water partition coefficient (Wildman–Crippen LogP) is 4.36. The zero-order valence-electron chi connectivity index (χ0n) is 23.7. The predicted molar refractivity (Wildman–Crippen MR) is 158 cm³/mol. The number of hydrogen-bond acceptors (Lipinski definition) is 10. The van der Waals surface area contributed by atoms with E-state index in [0.29, 0.717) is 22.8 Å². The van der Waals surface area contributed by atoms with Crippen molar-refractivity contribution in [3.05, 3.63) is 106 Å². The molecule has 12 nitrogen and oxygen atoms in total. The van der Waals surface area contributed by atoms with E-state index >= 15 is 0 Å². The molecular formula is C30H32N10O2. The smallest absolute Gasteiger partial charge is 0.173 e. The highest BCUT2D eigenvalue weighted by Crippen LogP contribution is 2.41. The van der Waals surface area contributed by atoms with Gasteiger partial charge in [0.2, 0.25) is 0 Å². The van der Waals surface area contributed by atoms with Crippen LogP contribution in [-0.2, 0) is 6.42 Å². The van der Waals surface area contributed by atoms with Crippen molar-refractivity contribution in [3.63, 3.8) is 0 Å². The van der Waals surface area contributed by atoms with Crippen molar-refractivity contribution in [2.45, 2.75) is 52.4 Å². The third-order valence-corrected chi connectivity index (χ3v) is 6.92. The van der Waals surface area contributed by atoms with Crippen LogP contribution in [0.1, 0.15) is 77.1 Å². The Morgan fingerprint density at radius 3 is 1.83 bits per heavy atom. The number of phenolic OH excluding ortho intramolecular Hbond substituents is 2. The van der Waals surface area contributed by atoms with Crippen molar-refractivity contribution in [2.75, 3.05) is 0 Å². The summed E-state index contributed by atoms with van der Waals surface area (Å²) in [6.07, 6.45) is 7.58. The van der Waals surface area contributed by atoms with Crippen LogP contribution in [0.4, 0.5) is 0 Å². The number of unbranched alkanes of at least 4 members (excludes halogenated alkanes) is 2. The number of rotatable bonds is 11. The lowest BCUT2D eigenvalue weighted by atomic mass is 9.82. The van der Waals surface area contributed by atoms with Crippen molar-refractivity contribution in [2.24, 2.45) is 10.2 Å². The van der Waals surface area contributed by atoms with E-state index in [0.717, 1.165) is 42.4 Å². The minimum Gasteiger partial charge on any atom is -0.508 e. The fourth-order valence-electron chi connectivity index (χ4n) is 4.71. The van der Waals surface area contributed by atoms with Crippen molar-refractivity contribution in [1.29, 1.82) is 0 Å². The maximum Gasteiger partial charge on any atom is 0.173 e. The lowest BCUT2D eigenvalue weighted by Crippen LogP contribution is -2.07. The van der Waals surface area contributed by atoms with E-state index in [1.165, 1.54) is 15.1 Å². The summed E-state index contributed by atoms with van der Waals surface area (Å²) in [4.78, 5) is 2.65. The van der Waals surface area contributed by atoms with Crippen LogP contribution < -0.4 is 0 Å². The van der Waals surface area contributed by atoms with Crippen LogP contribution in [0.3, 0.4) is 0 Å². The molecule has 0 radical (unpaired) electrons. The highest BCUT2D eigenvalue weighted by Gasteiger charge is 2.24. The van der Waals surface area contributed by atoms with Crippen LogP contribution in [0.25, 0.3) is 0 Å². The van der Waals surface area contributed by atoms with Gasteiger partial charge in [0.15, 0.2) is 11.6 Å². The molecule has 0 amide bonds. The SMILES string of the molecule is CCCCCc1cccc(C(c2cc(C=Nn3nnnc3C)ccc2O)c2cc(C=Nn3nnnc3C)ccc2O)c1. The fraction of sp³-hybridized carbons (Fsp3) is 0.267. The molecule has 5 aromatic rings. The number of tetrazole rings is 2. The van der Waals surface area contributed by atoms with Crippen LogP contribution in [0, 0.1) is 13.8 Å². The minimum atomic E-state index is -0.498. The Kier molecular flexibility index (Phi) is 8.71. The molecule has 0 unspecified atom stereocenters. The zero-order chi connectivity index (χ0) is 29.5. The molecule has 0 aliphatic rings. The first-order valence-electron chi connectivity index (χ1n) is 13.8. The number of benzene rings is 3. The van der Waals surface area contributed by atoms with Gasteiger partial charge in [0.1, 0.15) is 11.5 Å². The van der Waals surface area contributed by atoms with Gasteiger partial charge in [0, 0.05) is 17.0 Å². The summed E-state index contributed by atoms with van der Waals surface area (Å²) in [6, 6.07) is 18.8. The van der Waals surface area contributed by atoms with E-state index in [4.69, 9.17) is 0 Å². The van der Waals surface area contributed by atoms with Crippen LogP contribution in [-0.4, -0.2) is 63.3 Å². The van der Waals surface area contributed by atoms with E-state index in [2.05, 4.69) is 60.3 Å². The van der Waals surface area contributed by atoms with E-state index in [9.17, 15) is 10.2 Å². The number of aromatic hydroxyl groups is 2. The number of aromatic nitrogens is 8. The number of nitrogens with zero attached hydrogens (tertiary/aromatic N) is 10. The van der Waals surface area contributed by atoms with Gasteiger partial charge < -0.3 is 10.2 Å². The Morgan fingerprint density at radius 1 is 0.762 bits per heavy atom. The molecule has 0 bridgehead atoms. The zero-order valence-corrected chi connectivity index (χ0v) is 23.7. The third-order valence-electron chi connectivity index (χ3n) is 6.92. The average molecular weight is 565 g/mol. The first kappa shape index (κ1) is 28.3. The summed E-state index contributed by atoms with van der Waals surface area (Å²) in [5, 5.41) is 53.7. The van der Waals surface area contributed by atoms with E-state index in [1.54, 1.807) is 50.5 Å². The summed E-state index contributed by atoms with van der Waals surface area (Å²) in [5.41, 5.74) is 4.81. The second-order valence-corrected chi connectivity index (χ2v) is 9.99. The molecule has 0 atom stereocenters. The largest absolute Gasteiger partial charge is 0.508 e. The first-order chi connectivity index (χ1) is 20.4. The van der Waals surface area contributed by atoms with Crippen molar-refractivity contribution < 1.29 is 10.2 Å². The first-order valence-corrected chi connectivity index (χ1v) is 13.8. The van der Waals surface area contributed by atoms with Crippen LogP contribution in [0.2, 0.25) is 0 Å². The molecule has 2 aromatic heterocycles. The maximum atomic E-state index is 11.2. The van der Waals surface area contributed by atoms with Gasteiger partial charge in [-0.25, -0.2) is 0 Å². The van der Waals surface area contributed by atoms with Crippen molar-refractivity contribution >= 4 is 12.4 Å². The lowest BCUT2D eigenvalue weighted by Gasteiger charge is -2.22. The number of hydrogen-bond donors (Lipinski definition) is 2. The van der Waals surface area contributed by atoms with Crippen molar-refractivity contribution in [3.8, 4) is 11.5 Å². The maximum absolute atomic E-state index is 11.2. The van der Waals surface area contributed by atoms with Gasteiger partial charge in [0.05, 0.1) is 12.4 Å². The molecule has 3 aromatic carbocycles. The Balaban J connectivity index is 1.60. The molecular weight excluding hydrogens is 532 g/mol. The van der Waals surface area contributed by atoms with E-state index in [1.807, 2.05) is 24.3 Å². The monoisotopic (exact) mass is 564 g/mol. The standard InChI is InChI=1S/C30H32N10O2/c1-4-5-6-8-22-9-7-10-25(15-22)30(26-16-23(11-13-28(26)41)18-31-39-20(2)33-35-37-39)27-17-24(12-14-29(27)42)19-32-40-21(3)34-36-38-40/h7,9-19,30,41-42H,4-6,8H2,1-3H3. The lowest BCUT2D eigenvalue weighted by molar-refractivity contribution is 0.458. The minimum absolute atomic E-state index is 0.0925. The second-order valence-electron chi connectivity index (χ2n) is 9.99. The molecule has 12 heteroatoms. The summed E-state index contributed by atoms with van der Waals surface area (Å²) in [5.74, 6) is 0.777. The number of phenols is 2. The fourth-order valence-corrected chi connectivity index (χ4v) is 4.71. The van der Waals surface area contributed by atoms with Gasteiger partial charge in [-0.3, -0.25) is 0 Å². The molecule has 0 saturated carbocycles. The molecule has 42 heavy (non-hydrogen) atoms. The molecule has 0 fully saturated rings. The average Bonchev–Trinajstić information content (AvgIpc) is 3.60. The molecule has 214 valence electrons. The number of aryl methyl sites for hydroxylation is 3. The van der Waals surface area contributed by atoms with Crippen LogP contribution >= 0.6 is 0 Å². The molecule has 0 saturated heterocycles. The van der Waals surface area contributed by atoms with Gasteiger partial charge in [-0.2, -0.15) is 10.2 Å². The summed E-state index contributed by atoms with van der Waals surface area (Å²) < 4.78 is 0. The second kappa shape index (κ2) is 12.9. The van der Waals surface area contributed by atoms with E-state index in [-0.39, 0.29) is 11.5 Å². The summed E-state index contributed by atoms with van der Waals surface area (Å²) in [6.45, 7) is 5.69. The highest BCUT2D eigenvalue weighted by molar-refractivity contribution is 5.82. The summed E-state index contributed by atoms with van der Waals surface area (Å²) in [7, 11) is 0. The molecule has 0 aliphatic carbocycles. The Bertz CT molecular complexity index is 1620. The molecule has 0 aliphatic heterocycles. The van der Waals surface area contributed by atoms with Crippen molar-refractivity contribution in [1.82, 2.24) is 40.6 Å². The normalized spacial score (nSPS) is 12.5. The summed E-state index contributed by atoms with van der Waals surface area (Å²) >= 11 is 0. The van der Waals surface area contributed by atoms with Gasteiger partial charge in [-0.05, 0) is 106 Å². The van der Waals surface area contributed by atoms with Crippen LogP contribution in [0.5, 0.6) is 11.5 Å². The van der Waals surface area contributed by atoms with Gasteiger partial charge in [0.25, 0.3) is 0 Å². The Hall–Kier alpha value is -5.26. The molecule has 2 N–H and O–H groups in total. The highest BCUT2D eigenvalue weighted by atomic mass is 16.3. The van der Waals surface area contributed by atoms with Gasteiger partial charge >= 0.3 is 0 Å². The quantitative estimate of drug-likeness (QED) is 0.136. The molecule has 0 spiro atoms. The van der Waals surface area contributed by atoms with E-state index < -0.39 is 5.92 Å². The van der Waals surface area contributed by atoms with Crippen LogP contribution in [0.15, 0.2) is 70.9 Å². The van der Waals surface area contributed by atoms with Gasteiger partial charge in [-0.1, -0.05) is 44.0 Å². The Labute approximate surface area is 243 Å². The topological polar surface area (TPSA) is 152 Å².